The van der Waals surface area contributed by atoms with Gasteiger partial charge in [-0.25, -0.2) is 9.78 Å². The van der Waals surface area contributed by atoms with Gasteiger partial charge >= 0.3 is 11.9 Å². The van der Waals surface area contributed by atoms with Crippen molar-refractivity contribution in [3.8, 4) is 0 Å². The molecule has 3 N–H and O–H groups in total. The molecule has 0 bridgehead atoms. The molecule has 2 heterocycles. The number of carbonyl (C=O) groups excluding carboxylic acids is 1. The highest BCUT2D eigenvalue weighted by Crippen LogP contribution is 2.11. The second kappa shape index (κ2) is 7.12. The minimum atomic E-state index is -1.63. The van der Waals surface area contributed by atoms with E-state index in [2.05, 4.69) is 10.3 Å². The van der Waals surface area contributed by atoms with Gasteiger partial charge in [0.25, 0.3) is 5.91 Å². The molecule has 1 amide bonds. The number of carbonyl (C=O) groups is 3. The quantitative estimate of drug-likeness (QED) is 0.686. The van der Waals surface area contributed by atoms with Gasteiger partial charge in [-0.3, -0.25) is 14.4 Å². The van der Waals surface area contributed by atoms with Crippen molar-refractivity contribution in [2.45, 2.75) is 32.9 Å². The first-order valence-corrected chi connectivity index (χ1v) is 7.50. The van der Waals surface area contributed by atoms with E-state index in [9.17, 15) is 19.2 Å². The van der Waals surface area contributed by atoms with Crippen LogP contribution in [-0.4, -0.2) is 43.7 Å². The maximum Gasteiger partial charge on any atom is 0.326 e. The predicted octanol–water partition coefficient (Wildman–Crippen LogP) is 0.383. The molecule has 9 nitrogen and oxygen atoms in total. The van der Waals surface area contributed by atoms with E-state index < -0.39 is 35.7 Å². The third kappa shape index (κ3) is 3.82. The van der Waals surface area contributed by atoms with E-state index in [1.165, 1.54) is 6.20 Å². The van der Waals surface area contributed by atoms with Gasteiger partial charge in [0.15, 0.2) is 0 Å². The molecule has 0 unspecified atom stereocenters. The number of nitrogens with zero attached hydrogens (tertiary/aromatic N) is 2. The minimum absolute atomic E-state index is 0.227. The maximum atomic E-state index is 12.5. The van der Waals surface area contributed by atoms with E-state index in [-0.39, 0.29) is 10.9 Å². The lowest BCUT2D eigenvalue weighted by atomic mass is 10.1. The summed E-state index contributed by atoms with van der Waals surface area (Å²) in [6.07, 6.45) is 0.503. The zero-order valence-electron chi connectivity index (χ0n) is 13.6. The number of fused-ring (bicyclic) bond motifs is 1. The van der Waals surface area contributed by atoms with Crippen LogP contribution in [-0.2, 0) is 16.1 Å². The summed E-state index contributed by atoms with van der Waals surface area (Å²) >= 11 is 0. The number of amides is 1. The molecule has 0 aromatic carbocycles. The molecule has 2 rings (SSSR count). The molecule has 25 heavy (non-hydrogen) atoms. The summed E-state index contributed by atoms with van der Waals surface area (Å²) < 4.78 is 1.60. The highest BCUT2D eigenvalue weighted by molar-refractivity contribution is 5.99. The largest absolute Gasteiger partial charge is 0.481 e. The van der Waals surface area contributed by atoms with Crippen LogP contribution < -0.4 is 10.7 Å². The standard InChI is InChI=1S/C16H17N3O6/c1-3-19-7-10(13(22)9-5-4-8(2)17-14(9)19)15(23)18-11(16(24)25)6-12(20)21/h4-5,7,11H,3,6H2,1-2H3,(H,18,23)(H,20,21)(H,24,25)/t11-/m1/s1. The van der Waals surface area contributed by atoms with Crippen molar-refractivity contribution in [3.63, 3.8) is 0 Å². The van der Waals surface area contributed by atoms with E-state index in [0.29, 0.717) is 17.9 Å². The van der Waals surface area contributed by atoms with E-state index in [4.69, 9.17) is 10.2 Å². The van der Waals surface area contributed by atoms with Crippen LogP contribution in [0, 0.1) is 6.92 Å². The highest BCUT2D eigenvalue weighted by atomic mass is 16.4. The lowest BCUT2D eigenvalue weighted by Gasteiger charge is -2.14. The van der Waals surface area contributed by atoms with Crippen molar-refractivity contribution >= 4 is 28.9 Å². The Morgan fingerprint density at radius 3 is 2.52 bits per heavy atom. The summed E-state index contributed by atoms with van der Waals surface area (Å²) in [4.78, 5) is 51.0. The van der Waals surface area contributed by atoms with Gasteiger partial charge in [-0.15, -0.1) is 0 Å². The number of aliphatic carboxylic acids is 2. The van der Waals surface area contributed by atoms with Gasteiger partial charge in [0, 0.05) is 18.4 Å². The van der Waals surface area contributed by atoms with Crippen LogP contribution in [0.1, 0.15) is 29.4 Å². The number of aromatic nitrogens is 2. The van der Waals surface area contributed by atoms with Crippen molar-refractivity contribution in [1.82, 2.24) is 14.9 Å². The van der Waals surface area contributed by atoms with Crippen molar-refractivity contribution in [2.75, 3.05) is 0 Å². The van der Waals surface area contributed by atoms with E-state index >= 15 is 0 Å². The maximum absolute atomic E-state index is 12.5. The highest BCUT2D eigenvalue weighted by Gasteiger charge is 2.25. The molecule has 9 heteroatoms. The normalized spacial score (nSPS) is 11.9. The van der Waals surface area contributed by atoms with Crippen LogP contribution in [0.3, 0.4) is 0 Å². The first-order chi connectivity index (χ1) is 11.7. The van der Waals surface area contributed by atoms with Gasteiger partial charge < -0.3 is 20.1 Å². The molecule has 0 fully saturated rings. The summed E-state index contributed by atoms with van der Waals surface area (Å²) in [5.74, 6) is -3.81. The summed E-state index contributed by atoms with van der Waals surface area (Å²) in [6.45, 7) is 4.01. The number of hydrogen-bond acceptors (Lipinski definition) is 5. The molecular weight excluding hydrogens is 330 g/mol. The smallest absolute Gasteiger partial charge is 0.326 e. The van der Waals surface area contributed by atoms with Crippen LogP contribution in [0.2, 0.25) is 0 Å². The Morgan fingerprint density at radius 1 is 1.28 bits per heavy atom. The molecule has 2 aromatic heterocycles. The lowest BCUT2D eigenvalue weighted by Crippen LogP contribution is -2.43. The second-order valence-electron chi connectivity index (χ2n) is 5.44. The Hall–Kier alpha value is -3.23. The van der Waals surface area contributed by atoms with E-state index in [0.717, 1.165) is 0 Å². The summed E-state index contributed by atoms with van der Waals surface area (Å²) in [6, 6.07) is 1.55. The molecule has 0 saturated heterocycles. The molecule has 2 aromatic rings. The topological polar surface area (TPSA) is 139 Å². The van der Waals surface area contributed by atoms with Gasteiger partial charge in [0.05, 0.1) is 11.8 Å². The van der Waals surface area contributed by atoms with E-state index in [1.54, 1.807) is 30.5 Å². The first kappa shape index (κ1) is 18.1. The Bertz CT molecular complexity index is 918. The molecule has 0 aliphatic rings. The Labute approximate surface area is 141 Å². The predicted molar refractivity (Wildman–Crippen MR) is 87.6 cm³/mol. The molecule has 0 saturated carbocycles. The molecule has 1 atom stereocenters. The Kier molecular flexibility index (Phi) is 5.16. The van der Waals surface area contributed by atoms with Crippen LogP contribution >= 0.6 is 0 Å². The van der Waals surface area contributed by atoms with Gasteiger partial charge in [-0.05, 0) is 26.0 Å². The molecule has 0 spiro atoms. The summed E-state index contributed by atoms with van der Waals surface area (Å²) in [5.41, 5.74) is 0.267. The zero-order valence-corrected chi connectivity index (χ0v) is 13.6. The fourth-order valence-electron chi connectivity index (χ4n) is 2.37. The monoisotopic (exact) mass is 347 g/mol. The molecule has 0 aliphatic heterocycles. The number of hydrogen-bond donors (Lipinski definition) is 3. The summed E-state index contributed by atoms with van der Waals surface area (Å²) in [5, 5.41) is 20.1. The average Bonchev–Trinajstić information content (AvgIpc) is 2.53. The van der Waals surface area contributed by atoms with Crippen molar-refractivity contribution < 1.29 is 24.6 Å². The number of carboxylic acid groups (broad SMARTS) is 2. The van der Waals surface area contributed by atoms with Gasteiger partial charge in [0.1, 0.15) is 17.3 Å². The molecule has 0 aliphatic carbocycles. The van der Waals surface area contributed by atoms with Crippen LogP contribution in [0.25, 0.3) is 11.0 Å². The van der Waals surface area contributed by atoms with Crippen molar-refractivity contribution in [3.05, 3.63) is 39.8 Å². The van der Waals surface area contributed by atoms with Crippen LogP contribution in [0.15, 0.2) is 23.1 Å². The molecular formula is C16H17N3O6. The number of pyridine rings is 2. The number of carboxylic acids is 2. The van der Waals surface area contributed by atoms with Crippen molar-refractivity contribution in [1.29, 1.82) is 0 Å². The molecule has 132 valence electrons. The second-order valence-corrected chi connectivity index (χ2v) is 5.44. The van der Waals surface area contributed by atoms with Gasteiger partial charge in [-0.2, -0.15) is 0 Å². The van der Waals surface area contributed by atoms with Crippen LogP contribution in [0.5, 0.6) is 0 Å². The summed E-state index contributed by atoms with van der Waals surface area (Å²) in [7, 11) is 0. The fraction of sp³-hybridized carbons (Fsp3) is 0.312. The zero-order chi connectivity index (χ0) is 18.7. The average molecular weight is 347 g/mol. The SMILES string of the molecule is CCn1cc(C(=O)N[C@H](CC(=O)O)C(=O)O)c(=O)c2ccc(C)nc21. The van der Waals surface area contributed by atoms with Gasteiger partial charge in [0.2, 0.25) is 5.43 Å². The Balaban J connectivity index is 2.49. The third-order valence-corrected chi connectivity index (χ3v) is 3.63. The van der Waals surface area contributed by atoms with Crippen molar-refractivity contribution in [2.24, 2.45) is 0 Å². The van der Waals surface area contributed by atoms with Gasteiger partial charge in [-0.1, -0.05) is 0 Å². The number of rotatable bonds is 6. The Morgan fingerprint density at radius 2 is 1.96 bits per heavy atom. The van der Waals surface area contributed by atoms with Crippen LogP contribution in [0.4, 0.5) is 0 Å². The minimum Gasteiger partial charge on any atom is -0.481 e. The number of nitrogens with one attached hydrogen (secondary N) is 1. The lowest BCUT2D eigenvalue weighted by molar-refractivity contribution is -0.145. The first-order valence-electron chi connectivity index (χ1n) is 7.50. The molecule has 0 radical (unpaired) electrons. The number of aryl methyl sites for hydroxylation is 2. The van der Waals surface area contributed by atoms with E-state index in [1.807, 2.05) is 0 Å². The fourth-order valence-corrected chi connectivity index (χ4v) is 2.37. The third-order valence-electron chi connectivity index (χ3n) is 3.63.